The van der Waals surface area contributed by atoms with Gasteiger partial charge in [-0.25, -0.2) is 13.2 Å². The molecule has 0 unspecified atom stereocenters. The average molecular weight is 467 g/mol. The minimum atomic E-state index is -3.91. The largest absolute Gasteiger partial charge is 0.452 e. The lowest BCUT2D eigenvalue weighted by atomic mass is 10.1. The molecule has 8 heteroatoms. The molecule has 2 N–H and O–H groups in total. The summed E-state index contributed by atoms with van der Waals surface area (Å²) in [4.78, 5) is 24.2. The maximum atomic E-state index is 12.8. The van der Waals surface area contributed by atoms with Crippen molar-refractivity contribution in [3.05, 3.63) is 90.0 Å². The van der Waals surface area contributed by atoms with Crippen LogP contribution in [-0.2, 0) is 26.0 Å². The Balaban J connectivity index is 1.61. The summed E-state index contributed by atoms with van der Waals surface area (Å²) in [6.45, 7) is 1.62. The van der Waals surface area contributed by atoms with Gasteiger partial charge in [-0.1, -0.05) is 49.7 Å². The number of anilines is 2. The van der Waals surface area contributed by atoms with Crippen molar-refractivity contribution in [2.75, 3.05) is 16.6 Å². The molecule has 3 aromatic carbocycles. The normalized spacial score (nSPS) is 10.9. The molecule has 0 saturated heterocycles. The molecule has 0 bridgehead atoms. The zero-order valence-corrected chi connectivity index (χ0v) is 19.1. The second kappa shape index (κ2) is 11.3. The Morgan fingerprint density at radius 1 is 0.879 bits per heavy atom. The zero-order chi connectivity index (χ0) is 23.7. The van der Waals surface area contributed by atoms with E-state index in [0.717, 1.165) is 24.8 Å². The van der Waals surface area contributed by atoms with Gasteiger partial charge in [0.1, 0.15) is 0 Å². The van der Waals surface area contributed by atoms with E-state index in [1.165, 1.54) is 24.3 Å². The first kappa shape index (κ1) is 24.0. The molecular formula is C25H26N2O5S. The van der Waals surface area contributed by atoms with E-state index < -0.39 is 28.5 Å². The van der Waals surface area contributed by atoms with Crippen LogP contribution < -0.4 is 10.0 Å². The summed E-state index contributed by atoms with van der Waals surface area (Å²) in [5.74, 6) is -1.29. The van der Waals surface area contributed by atoms with Gasteiger partial charge in [0.25, 0.3) is 15.9 Å². The minimum absolute atomic E-state index is 0.0281. The number of hydrogen-bond donors (Lipinski definition) is 2. The number of para-hydroxylation sites is 1. The standard InChI is InChI=1S/C25H26N2O5S/c1-2-3-8-19-13-15-22(16-14-19)27-33(30,31)23-12-7-9-20(17-23)25(29)32-18-24(28)26-21-10-5-4-6-11-21/h4-7,9-17,27H,2-3,8,18H2,1H3,(H,26,28). The fraction of sp³-hybridized carbons (Fsp3) is 0.200. The molecular weight excluding hydrogens is 440 g/mol. The lowest BCUT2D eigenvalue weighted by Crippen LogP contribution is -2.21. The third kappa shape index (κ3) is 7.18. The fourth-order valence-electron chi connectivity index (χ4n) is 3.06. The summed E-state index contributed by atoms with van der Waals surface area (Å²) in [5.41, 5.74) is 2.18. The van der Waals surface area contributed by atoms with E-state index in [4.69, 9.17) is 4.74 Å². The smallest absolute Gasteiger partial charge is 0.338 e. The number of nitrogens with one attached hydrogen (secondary N) is 2. The topological polar surface area (TPSA) is 102 Å². The van der Waals surface area contributed by atoms with Crippen LogP contribution in [0, 0.1) is 0 Å². The average Bonchev–Trinajstić information content (AvgIpc) is 2.82. The van der Waals surface area contributed by atoms with Gasteiger partial charge in [-0.2, -0.15) is 0 Å². The van der Waals surface area contributed by atoms with E-state index in [0.29, 0.717) is 11.4 Å². The van der Waals surface area contributed by atoms with Crippen molar-refractivity contribution in [3.8, 4) is 0 Å². The van der Waals surface area contributed by atoms with Gasteiger partial charge in [0.2, 0.25) is 0 Å². The first-order valence-electron chi connectivity index (χ1n) is 10.6. The van der Waals surface area contributed by atoms with E-state index in [-0.39, 0.29) is 10.5 Å². The number of sulfonamides is 1. The summed E-state index contributed by atoms with van der Waals surface area (Å²) in [6.07, 6.45) is 3.10. The van der Waals surface area contributed by atoms with Crippen molar-refractivity contribution in [2.45, 2.75) is 31.1 Å². The molecule has 172 valence electrons. The molecule has 7 nitrogen and oxygen atoms in total. The van der Waals surface area contributed by atoms with Crippen LogP contribution in [-0.4, -0.2) is 26.9 Å². The molecule has 33 heavy (non-hydrogen) atoms. The van der Waals surface area contributed by atoms with Crippen molar-refractivity contribution in [1.82, 2.24) is 0 Å². The second-order valence-electron chi connectivity index (χ2n) is 7.42. The van der Waals surface area contributed by atoms with Crippen LogP contribution in [0.2, 0.25) is 0 Å². The maximum absolute atomic E-state index is 12.8. The molecule has 1 amide bonds. The van der Waals surface area contributed by atoms with Gasteiger partial charge < -0.3 is 10.1 Å². The Morgan fingerprint density at radius 3 is 2.30 bits per heavy atom. The van der Waals surface area contributed by atoms with Crippen molar-refractivity contribution in [3.63, 3.8) is 0 Å². The monoisotopic (exact) mass is 466 g/mol. The highest BCUT2D eigenvalue weighted by molar-refractivity contribution is 7.92. The van der Waals surface area contributed by atoms with Crippen molar-refractivity contribution in [1.29, 1.82) is 0 Å². The molecule has 0 fully saturated rings. The third-order valence-electron chi connectivity index (χ3n) is 4.80. The number of esters is 1. The summed E-state index contributed by atoms with van der Waals surface area (Å²) in [7, 11) is -3.91. The Morgan fingerprint density at radius 2 is 1.61 bits per heavy atom. The molecule has 0 aliphatic rings. The molecule has 0 aliphatic heterocycles. The number of benzene rings is 3. The molecule has 0 spiro atoms. The lowest BCUT2D eigenvalue weighted by molar-refractivity contribution is -0.119. The summed E-state index contributed by atoms with van der Waals surface area (Å²) >= 11 is 0. The molecule has 0 radical (unpaired) electrons. The van der Waals surface area contributed by atoms with Gasteiger partial charge in [0.15, 0.2) is 6.61 Å². The molecule has 0 saturated carbocycles. The third-order valence-corrected chi connectivity index (χ3v) is 6.18. The molecule has 3 rings (SSSR count). The Kier molecular flexibility index (Phi) is 8.21. The van der Waals surface area contributed by atoms with Crippen molar-refractivity contribution >= 4 is 33.3 Å². The molecule has 0 aliphatic carbocycles. The van der Waals surface area contributed by atoms with Gasteiger partial charge in [-0.15, -0.1) is 0 Å². The lowest BCUT2D eigenvalue weighted by Gasteiger charge is -2.10. The first-order chi connectivity index (χ1) is 15.9. The number of carbonyl (C=O) groups is 2. The Labute approximate surface area is 193 Å². The molecule has 0 aromatic heterocycles. The number of hydrogen-bond acceptors (Lipinski definition) is 5. The van der Waals surface area contributed by atoms with Crippen LogP contribution in [0.5, 0.6) is 0 Å². The SMILES string of the molecule is CCCCc1ccc(NS(=O)(=O)c2cccc(C(=O)OCC(=O)Nc3ccccc3)c2)cc1. The van der Waals surface area contributed by atoms with E-state index in [9.17, 15) is 18.0 Å². The van der Waals surface area contributed by atoms with Crippen LogP contribution in [0.3, 0.4) is 0 Å². The number of aryl methyl sites for hydroxylation is 1. The molecule has 0 heterocycles. The van der Waals surface area contributed by atoms with Gasteiger partial charge in [-0.3, -0.25) is 9.52 Å². The molecule has 0 atom stereocenters. The van der Waals surface area contributed by atoms with Crippen LogP contribution in [0.15, 0.2) is 83.8 Å². The Bertz CT molecular complexity index is 1190. The highest BCUT2D eigenvalue weighted by Crippen LogP contribution is 2.19. The molecule has 3 aromatic rings. The van der Waals surface area contributed by atoms with Crippen molar-refractivity contribution < 1.29 is 22.7 Å². The summed E-state index contributed by atoms with van der Waals surface area (Å²) in [5, 5.41) is 2.60. The Hall–Kier alpha value is -3.65. The predicted molar refractivity (Wildman–Crippen MR) is 128 cm³/mol. The van der Waals surface area contributed by atoms with Crippen LogP contribution in [0.1, 0.15) is 35.7 Å². The summed E-state index contributed by atoms with van der Waals surface area (Å²) < 4.78 is 33.1. The van der Waals surface area contributed by atoms with Crippen LogP contribution in [0.25, 0.3) is 0 Å². The highest BCUT2D eigenvalue weighted by Gasteiger charge is 2.18. The van der Waals surface area contributed by atoms with Gasteiger partial charge in [-0.05, 0) is 60.9 Å². The first-order valence-corrected chi connectivity index (χ1v) is 12.1. The summed E-state index contributed by atoms with van der Waals surface area (Å²) in [6, 6.07) is 21.5. The number of amides is 1. The van der Waals surface area contributed by atoms with Crippen molar-refractivity contribution in [2.24, 2.45) is 0 Å². The minimum Gasteiger partial charge on any atom is -0.452 e. The second-order valence-corrected chi connectivity index (χ2v) is 9.11. The van der Waals surface area contributed by atoms with Gasteiger partial charge >= 0.3 is 5.97 Å². The number of unbranched alkanes of at least 4 members (excludes halogenated alkanes) is 1. The van der Waals surface area contributed by atoms with E-state index in [1.54, 1.807) is 36.4 Å². The fourth-order valence-corrected chi connectivity index (χ4v) is 4.16. The van der Waals surface area contributed by atoms with E-state index >= 15 is 0 Å². The van der Waals surface area contributed by atoms with Gasteiger partial charge in [0, 0.05) is 11.4 Å². The van der Waals surface area contributed by atoms with Crippen LogP contribution >= 0.6 is 0 Å². The van der Waals surface area contributed by atoms with Gasteiger partial charge in [0.05, 0.1) is 10.5 Å². The predicted octanol–water partition coefficient (Wildman–Crippen LogP) is 4.63. The number of rotatable bonds is 10. The zero-order valence-electron chi connectivity index (χ0n) is 18.3. The van der Waals surface area contributed by atoms with Crippen LogP contribution in [0.4, 0.5) is 11.4 Å². The maximum Gasteiger partial charge on any atom is 0.338 e. The van der Waals surface area contributed by atoms with E-state index in [1.807, 2.05) is 18.2 Å². The van der Waals surface area contributed by atoms with E-state index in [2.05, 4.69) is 17.0 Å². The number of carbonyl (C=O) groups excluding carboxylic acids is 2. The highest BCUT2D eigenvalue weighted by atomic mass is 32.2. The quantitative estimate of drug-likeness (QED) is 0.424. The number of ether oxygens (including phenoxy) is 1.